The minimum atomic E-state index is -0.203. The number of methoxy groups -OCH3 is 1. The fourth-order valence-corrected chi connectivity index (χ4v) is 2.31. The first kappa shape index (κ1) is 14.4. The van der Waals surface area contributed by atoms with E-state index >= 15 is 0 Å². The molecule has 2 aromatic carbocycles. The molecule has 1 unspecified atom stereocenters. The Kier molecular flexibility index (Phi) is 4.61. The monoisotopic (exact) mass is 273 g/mol. The third-order valence-corrected chi connectivity index (χ3v) is 3.31. The highest BCUT2D eigenvalue weighted by atomic mass is 19.1. The number of ether oxygens (including phenoxy) is 1. The summed E-state index contributed by atoms with van der Waals surface area (Å²) in [7, 11) is 1.68. The number of hydrogen-bond donors (Lipinski definition) is 1. The molecule has 20 heavy (non-hydrogen) atoms. The molecule has 1 atom stereocenters. The molecule has 0 saturated carbocycles. The Bertz CT molecular complexity index is 583. The van der Waals surface area contributed by atoms with Gasteiger partial charge in [0.05, 0.1) is 7.11 Å². The van der Waals surface area contributed by atoms with Crippen molar-refractivity contribution in [3.05, 3.63) is 59.4 Å². The van der Waals surface area contributed by atoms with Gasteiger partial charge in [0.25, 0.3) is 0 Å². The second-order valence-electron chi connectivity index (χ2n) is 5.02. The Labute approximate surface area is 119 Å². The molecule has 0 aliphatic carbocycles. The lowest BCUT2D eigenvalue weighted by atomic mass is 10.1. The zero-order chi connectivity index (χ0) is 14.5. The molecule has 0 amide bonds. The normalized spacial score (nSPS) is 12.0. The van der Waals surface area contributed by atoms with Gasteiger partial charge in [0.15, 0.2) is 0 Å². The molecule has 0 aromatic heterocycles. The molecule has 2 nitrogen and oxygen atoms in total. The number of nitrogens with one attached hydrogen (secondary N) is 1. The van der Waals surface area contributed by atoms with Crippen LogP contribution in [0.1, 0.15) is 18.1 Å². The second kappa shape index (κ2) is 6.42. The molecule has 0 saturated heterocycles. The smallest absolute Gasteiger partial charge is 0.123 e. The number of rotatable bonds is 5. The highest BCUT2D eigenvalue weighted by molar-refractivity contribution is 5.51. The zero-order valence-electron chi connectivity index (χ0n) is 12.1. The minimum absolute atomic E-state index is 0.203. The summed E-state index contributed by atoms with van der Waals surface area (Å²) in [5.41, 5.74) is 3.04. The third-order valence-electron chi connectivity index (χ3n) is 3.31. The highest BCUT2D eigenvalue weighted by Gasteiger charge is 2.09. The predicted octanol–water partition coefficient (Wildman–Crippen LogP) is 4.19. The van der Waals surface area contributed by atoms with E-state index in [2.05, 4.69) is 18.3 Å². The van der Waals surface area contributed by atoms with Crippen LogP contribution in [0.15, 0.2) is 42.5 Å². The van der Waals surface area contributed by atoms with Crippen LogP contribution in [0.2, 0.25) is 0 Å². The van der Waals surface area contributed by atoms with Crippen molar-refractivity contribution in [2.24, 2.45) is 0 Å². The maximum Gasteiger partial charge on any atom is 0.123 e. The molecule has 3 heteroatoms. The molecule has 0 radical (unpaired) electrons. The van der Waals surface area contributed by atoms with Gasteiger partial charge in [-0.1, -0.05) is 18.2 Å². The summed E-state index contributed by atoms with van der Waals surface area (Å²) in [4.78, 5) is 0. The van der Waals surface area contributed by atoms with E-state index < -0.39 is 0 Å². The summed E-state index contributed by atoms with van der Waals surface area (Å²) in [6.45, 7) is 4.01. The summed E-state index contributed by atoms with van der Waals surface area (Å²) in [6.07, 6.45) is 0.848. The molecule has 0 heterocycles. The van der Waals surface area contributed by atoms with Gasteiger partial charge in [-0.2, -0.15) is 0 Å². The average molecular weight is 273 g/mol. The summed E-state index contributed by atoms with van der Waals surface area (Å²) < 4.78 is 18.4. The molecule has 2 aromatic rings. The minimum Gasteiger partial charge on any atom is -0.496 e. The van der Waals surface area contributed by atoms with Crippen LogP contribution < -0.4 is 10.1 Å². The first-order chi connectivity index (χ1) is 9.60. The Morgan fingerprint density at radius 2 is 1.95 bits per heavy atom. The van der Waals surface area contributed by atoms with Gasteiger partial charge >= 0.3 is 0 Å². The number of halogens is 1. The lowest BCUT2D eigenvalue weighted by Crippen LogP contribution is -2.19. The van der Waals surface area contributed by atoms with Crippen molar-refractivity contribution in [3.8, 4) is 5.75 Å². The number of para-hydroxylation sites is 1. The fourth-order valence-electron chi connectivity index (χ4n) is 2.31. The van der Waals surface area contributed by atoms with Gasteiger partial charge in [-0.3, -0.25) is 0 Å². The van der Waals surface area contributed by atoms with Crippen molar-refractivity contribution in [2.75, 3.05) is 12.4 Å². The van der Waals surface area contributed by atoms with E-state index in [1.807, 2.05) is 25.1 Å². The van der Waals surface area contributed by atoms with E-state index in [1.165, 1.54) is 12.1 Å². The first-order valence-electron chi connectivity index (χ1n) is 6.74. The standard InChI is InChI=1S/C17H20FNO/c1-12-10-15(18)8-9-16(12)19-13(2)11-14-6-4-5-7-17(14)20-3/h4-10,13,19H,11H2,1-3H3. The average Bonchev–Trinajstić information content (AvgIpc) is 2.42. The molecule has 0 spiro atoms. The van der Waals surface area contributed by atoms with Crippen LogP contribution in [0.25, 0.3) is 0 Å². The SMILES string of the molecule is COc1ccccc1CC(C)Nc1ccc(F)cc1C. The Balaban J connectivity index is 2.07. The van der Waals surface area contributed by atoms with E-state index in [9.17, 15) is 4.39 Å². The van der Waals surface area contributed by atoms with Crippen molar-refractivity contribution in [2.45, 2.75) is 26.3 Å². The maximum atomic E-state index is 13.1. The molecule has 106 valence electrons. The van der Waals surface area contributed by atoms with Gasteiger partial charge < -0.3 is 10.1 Å². The van der Waals surface area contributed by atoms with Crippen LogP contribution >= 0.6 is 0 Å². The van der Waals surface area contributed by atoms with E-state index in [0.29, 0.717) is 0 Å². The summed E-state index contributed by atoms with van der Waals surface area (Å²) in [6, 6.07) is 13.0. The number of anilines is 1. The largest absolute Gasteiger partial charge is 0.496 e. The van der Waals surface area contributed by atoms with Crippen LogP contribution in [-0.4, -0.2) is 13.2 Å². The van der Waals surface area contributed by atoms with Gasteiger partial charge in [0.2, 0.25) is 0 Å². The summed E-state index contributed by atoms with van der Waals surface area (Å²) >= 11 is 0. The van der Waals surface area contributed by atoms with Gasteiger partial charge in [0, 0.05) is 11.7 Å². The number of benzene rings is 2. The molecule has 0 bridgehead atoms. The quantitative estimate of drug-likeness (QED) is 0.882. The molecule has 2 rings (SSSR count). The molecular formula is C17H20FNO. The van der Waals surface area contributed by atoms with E-state index in [-0.39, 0.29) is 11.9 Å². The van der Waals surface area contributed by atoms with Crippen molar-refractivity contribution in [3.63, 3.8) is 0 Å². The van der Waals surface area contributed by atoms with Gasteiger partial charge in [-0.15, -0.1) is 0 Å². The lowest BCUT2D eigenvalue weighted by Gasteiger charge is -2.18. The number of aryl methyl sites for hydroxylation is 1. The molecule has 0 fully saturated rings. The van der Waals surface area contributed by atoms with Crippen LogP contribution in [0.4, 0.5) is 10.1 Å². The summed E-state index contributed by atoms with van der Waals surface area (Å²) in [5.74, 6) is 0.697. The van der Waals surface area contributed by atoms with E-state index in [4.69, 9.17) is 4.74 Å². The predicted molar refractivity (Wildman–Crippen MR) is 80.9 cm³/mol. The summed E-state index contributed by atoms with van der Waals surface area (Å²) in [5, 5.41) is 3.41. The topological polar surface area (TPSA) is 21.3 Å². The zero-order valence-corrected chi connectivity index (χ0v) is 12.1. The van der Waals surface area contributed by atoms with Gasteiger partial charge in [0.1, 0.15) is 11.6 Å². The van der Waals surface area contributed by atoms with Gasteiger partial charge in [-0.25, -0.2) is 4.39 Å². The molecule has 0 aliphatic heterocycles. The lowest BCUT2D eigenvalue weighted by molar-refractivity contribution is 0.409. The van der Waals surface area contributed by atoms with Crippen molar-refractivity contribution in [1.82, 2.24) is 0 Å². The van der Waals surface area contributed by atoms with Crippen LogP contribution in [0.5, 0.6) is 5.75 Å². The van der Waals surface area contributed by atoms with Gasteiger partial charge in [-0.05, 0) is 55.7 Å². The van der Waals surface area contributed by atoms with Crippen molar-refractivity contribution >= 4 is 5.69 Å². The van der Waals surface area contributed by atoms with Crippen LogP contribution in [0, 0.1) is 12.7 Å². The number of hydrogen-bond acceptors (Lipinski definition) is 2. The van der Waals surface area contributed by atoms with Crippen LogP contribution in [0.3, 0.4) is 0 Å². The fraction of sp³-hybridized carbons (Fsp3) is 0.294. The van der Waals surface area contributed by atoms with E-state index in [1.54, 1.807) is 13.2 Å². The Morgan fingerprint density at radius 3 is 2.65 bits per heavy atom. The maximum absolute atomic E-state index is 13.1. The molecular weight excluding hydrogens is 253 g/mol. The molecule has 1 N–H and O–H groups in total. The van der Waals surface area contributed by atoms with Crippen molar-refractivity contribution < 1.29 is 9.13 Å². The Morgan fingerprint density at radius 1 is 1.20 bits per heavy atom. The second-order valence-corrected chi connectivity index (χ2v) is 5.02. The third kappa shape index (κ3) is 3.50. The Hall–Kier alpha value is -2.03. The molecule has 0 aliphatic rings. The van der Waals surface area contributed by atoms with Crippen LogP contribution in [-0.2, 0) is 6.42 Å². The highest BCUT2D eigenvalue weighted by Crippen LogP contribution is 2.21. The van der Waals surface area contributed by atoms with Crippen molar-refractivity contribution in [1.29, 1.82) is 0 Å². The van der Waals surface area contributed by atoms with E-state index in [0.717, 1.165) is 29.0 Å². The first-order valence-corrected chi connectivity index (χ1v) is 6.74.